The molecule has 0 heterocycles. The van der Waals surface area contributed by atoms with Crippen molar-refractivity contribution in [3.8, 4) is 11.1 Å². The van der Waals surface area contributed by atoms with Crippen LogP contribution < -0.4 is 27.4 Å². The number of carbonyl (C=O) groups excluding carboxylic acids is 1. The van der Waals surface area contributed by atoms with E-state index in [0.29, 0.717) is 17.8 Å². The summed E-state index contributed by atoms with van der Waals surface area (Å²) in [5, 5.41) is 2.72. The normalized spacial score (nSPS) is 11.7. The number of nitrogens with two attached hydrogens (primary N) is 3. The van der Waals surface area contributed by atoms with Crippen molar-refractivity contribution in [3.05, 3.63) is 53.7 Å². The number of hydrogen-bond donors (Lipinski definition) is 4. The summed E-state index contributed by atoms with van der Waals surface area (Å²) in [6.45, 7) is 2.51. The van der Waals surface area contributed by atoms with Crippen molar-refractivity contribution in [1.82, 2.24) is 5.32 Å². The molecule has 0 unspecified atom stereocenters. The maximum Gasteiger partial charge on any atom is 0.269 e. The van der Waals surface area contributed by atoms with E-state index in [2.05, 4.69) is 5.32 Å². The summed E-state index contributed by atoms with van der Waals surface area (Å²) in [7, 11) is 3.98. The first-order valence-corrected chi connectivity index (χ1v) is 8.56. The Morgan fingerprint density at radius 2 is 1.73 bits per heavy atom. The second kappa shape index (κ2) is 8.29. The van der Waals surface area contributed by atoms with Gasteiger partial charge in [0, 0.05) is 43.1 Å². The van der Waals surface area contributed by atoms with Crippen LogP contribution in [0.4, 0.5) is 11.4 Å². The number of anilines is 2. The van der Waals surface area contributed by atoms with Gasteiger partial charge in [0.1, 0.15) is 5.70 Å². The van der Waals surface area contributed by atoms with Crippen LogP contribution in [0.15, 0.2) is 48.2 Å². The fraction of sp³-hybridized carbons (Fsp3) is 0.250. The number of carbonyl (C=O) groups is 1. The van der Waals surface area contributed by atoms with Gasteiger partial charge < -0.3 is 27.4 Å². The van der Waals surface area contributed by atoms with E-state index < -0.39 is 0 Å². The minimum atomic E-state index is -0.385. The van der Waals surface area contributed by atoms with Crippen LogP contribution in [0.2, 0.25) is 0 Å². The molecule has 6 nitrogen and oxygen atoms in total. The molecule has 0 radical (unpaired) electrons. The van der Waals surface area contributed by atoms with Gasteiger partial charge in [-0.1, -0.05) is 37.3 Å². The van der Waals surface area contributed by atoms with Crippen LogP contribution in [-0.2, 0) is 4.79 Å². The first-order valence-electron chi connectivity index (χ1n) is 8.56. The smallest absolute Gasteiger partial charge is 0.269 e. The van der Waals surface area contributed by atoms with Crippen molar-refractivity contribution in [1.29, 1.82) is 0 Å². The van der Waals surface area contributed by atoms with Gasteiger partial charge in [0.25, 0.3) is 5.91 Å². The van der Waals surface area contributed by atoms with Gasteiger partial charge in [-0.25, -0.2) is 0 Å². The summed E-state index contributed by atoms with van der Waals surface area (Å²) in [5.74, 6) is -0.385. The summed E-state index contributed by atoms with van der Waals surface area (Å²) in [6.07, 6.45) is 0.819. The van der Waals surface area contributed by atoms with Gasteiger partial charge in [-0.15, -0.1) is 0 Å². The van der Waals surface area contributed by atoms with Gasteiger partial charge in [0.2, 0.25) is 0 Å². The Morgan fingerprint density at radius 1 is 1.08 bits per heavy atom. The van der Waals surface area contributed by atoms with E-state index >= 15 is 0 Å². The molecule has 0 spiro atoms. The van der Waals surface area contributed by atoms with Gasteiger partial charge in [-0.05, 0) is 24.1 Å². The number of benzene rings is 2. The molecule has 0 atom stereocenters. The summed E-state index contributed by atoms with van der Waals surface area (Å²) in [5.41, 5.74) is 22.5. The lowest BCUT2D eigenvalue weighted by Crippen LogP contribution is -2.31. The third-order valence-corrected chi connectivity index (χ3v) is 4.16. The lowest BCUT2D eigenvalue weighted by Gasteiger charge is -2.15. The topological polar surface area (TPSA) is 110 Å². The van der Waals surface area contributed by atoms with Crippen LogP contribution in [-0.4, -0.2) is 26.5 Å². The molecule has 7 N–H and O–H groups in total. The molecule has 2 aromatic carbocycles. The lowest BCUT2D eigenvalue weighted by atomic mass is 9.98. The molecule has 138 valence electrons. The number of rotatable bonds is 6. The monoisotopic (exact) mass is 353 g/mol. The van der Waals surface area contributed by atoms with Crippen molar-refractivity contribution in [3.63, 3.8) is 0 Å². The van der Waals surface area contributed by atoms with Crippen molar-refractivity contribution in [2.75, 3.05) is 31.3 Å². The summed E-state index contributed by atoms with van der Waals surface area (Å²) < 4.78 is 0. The summed E-state index contributed by atoms with van der Waals surface area (Å²) in [6, 6.07) is 13.6. The van der Waals surface area contributed by atoms with Crippen LogP contribution in [0.25, 0.3) is 16.8 Å². The highest BCUT2D eigenvalue weighted by molar-refractivity contribution is 6.01. The van der Waals surface area contributed by atoms with Crippen molar-refractivity contribution in [2.45, 2.75) is 13.3 Å². The Kier molecular flexibility index (Phi) is 6.11. The molecule has 6 heteroatoms. The van der Waals surface area contributed by atoms with Crippen LogP contribution in [0.3, 0.4) is 0 Å². The number of nitrogen functional groups attached to an aromatic ring is 1. The first kappa shape index (κ1) is 19.2. The van der Waals surface area contributed by atoms with Crippen molar-refractivity contribution in [2.24, 2.45) is 11.5 Å². The SMILES string of the molecule is CCCNC(=O)/C(N)=C(\N)c1cccc(-c2ccc(N(C)C)cc2)c1N. The highest BCUT2D eigenvalue weighted by Crippen LogP contribution is 2.32. The predicted octanol–water partition coefficient (Wildman–Crippen LogP) is 2.11. The minimum Gasteiger partial charge on any atom is -0.398 e. The molecular formula is C20H27N5O. The molecule has 0 saturated carbocycles. The van der Waals surface area contributed by atoms with Gasteiger partial charge in [-0.2, -0.15) is 0 Å². The second-order valence-corrected chi connectivity index (χ2v) is 6.29. The number of nitrogens with one attached hydrogen (secondary N) is 1. The zero-order valence-electron chi connectivity index (χ0n) is 15.5. The molecule has 0 bridgehead atoms. The van der Waals surface area contributed by atoms with Gasteiger partial charge in [0.15, 0.2) is 0 Å². The maximum atomic E-state index is 12.1. The second-order valence-electron chi connectivity index (χ2n) is 6.29. The molecule has 0 aromatic heterocycles. The highest BCUT2D eigenvalue weighted by atomic mass is 16.2. The van der Waals surface area contributed by atoms with E-state index in [1.807, 2.05) is 62.3 Å². The Morgan fingerprint density at radius 3 is 2.31 bits per heavy atom. The fourth-order valence-electron chi connectivity index (χ4n) is 2.59. The van der Waals surface area contributed by atoms with E-state index in [1.54, 1.807) is 6.07 Å². The molecule has 0 saturated heterocycles. The molecule has 0 aliphatic heterocycles. The van der Waals surface area contributed by atoms with E-state index in [4.69, 9.17) is 17.2 Å². The molecule has 0 aliphatic rings. The molecule has 0 fully saturated rings. The fourth-order valence-corrected chi connectivity index (χ4v) is 2.59. The Bertz CT molecular complexity index is 809. The van der Waals surface area contributed by atoms with Crippen molar-refractivity contribution < 1.29 is 4.79 Å². The quantitative estimate of drug-likeness (QED) is 0.470. The Balaban J connectivity index is 2.41. The summed E-state index contributed by atoms with van der Waals surface area (Å²) in [4.78, 5) is 14.1. The molecule has 26 heavy (non-hydrogen) atoms. The predicted molar refractivity (Wildman–Crippen MR) is 109 cm³/mol. The molecule has 2 aromatic rings. The standard InChI is InChI=1S/C20H27N5O/c1-4-12-24-20(26)19(23)18(22)16-7-5-6-15(17(16)21)13-8-10-14(11-9-13)25(2)3/h5-11H,4,12,21-23H2,1-3H3,(H,24,26)/b19-18+. The largest absolute Gasteiger partial charge is 0.398 e. The van der Waals surface area contributed by atoms with E-state index in [0.717, 1.165) is 23.2 Å². The van der Waals surface area contributed by atoms with Gasteiger partial charge in [0.05, 0.1) is 5.70 Å². The third kappa shape index (κ3) is 4.08. The van der Waals surface area contributed by atoms with Crippen LogP contribution >= 0.6 is 0 Å². The minimum absolute atomic E-state index is 0.0229. The van der Waals surface area contributed by atoms with Gasteiger partial charge >= 0.3 is 0 Å². The third-order valence-electron chi connectivity index (χ3n) is 4.16. The average molecular weight is 353 g/mol. The molecule has 0 aliphatic carbocycles. The zero-order valence-corrected chi connectivity index (χ0v) is 15.5. The number of nitrogens with zero attached hydrogens (tertiary/aromatic N) is 1. The Hall–Kier alpha value is -3.15. The van der Waals surface area contributed by atoms with E-state index in [1.165, 1.54) is 0 Å². The van der Waals surface area contributed by atoms with Crippen LogP contribution in [0, 0.1) is 0 Å². The number of hydrogen-bond acceptors (Lipinski definition) is 5. The Labute approximate surface area is 154 Å². The molecule has 1 amide bonds. The number of amides is 1. The summed E-state index contributed by atoms with van der Waals surface area (Å²) >= 11 is 0. The lowest BCUT2D eigenvalue weighted by molar-refractivity contribution is -0.117. The van der Waals surface area contributed by atoms with Crippen molar-refractivity contribution >= 4 is 23.0 Å². The highest BCUT2D eigenvalue weighted by Gasteiger charge is 2.15. The zero-order chi connectivity index (χ0) is 19.3. The number of para-hydroxylation sites is 1. The molecule has 2 rings (SSSR count). The van der Waals surface area contributed by atoms with E-state index in [-0.39, 0.29) is 17.3 Å². The first-order chi connectivity index (χ1) is 12.4. The maximum absolute atomic E-state index is 12.1. The average Bonchev–Trinajstić information content (AvgIpc) is 2.65. The van der Waals surface area contributed by atoms with Crippen LogP contribution in [0.1, 0.15) is 18.9 Å². The van der Waals surface area contributed by atoms with Crippen LogP contribution in [0.5, 0.6) is 0 Å². The molecular weight excluding hydrogens is 326 g/mol. The van der Waals surface area contributed by atoms with E-state index in [9.17, 15) is 4.79 Å². The van der Waals surface area contributed by atoms with Gasteiger partial charge in [-0.3, -0.25) is 4.79 Å².